The van der Waals surface area contributed by atoms with Crippen molar-refractivity contribution in [3.63, 3.8) is 0 Å². The lowest BCUT2D eigenvalue weighted by Gasteiger charge is -2.37. The van der Waals surface area contributed by atoms with Gasteiger partial charge in [0.25, 0.3) is 5.91 Å². The minimum atomic E-state index is -0.0960. The number of fused-ring (bicyclic) bond motifs is 2. The molecule has 8 heteroatoms. The molecule has 0 N–H and O–H groups in total. The van der Waals surface area contributed by atoms with Crippen LogP contribution in [0.1, 0.15) is 41.6 Å². The Morgan fingerprint density at radius 2 is 1.83 bits per heavy atom. The number of rotatable bonds is 4. The maximum atomic E-state index is 13.7. The molecular weight excluding hydrogens is 380 g/mol. The van der Waals surface area contributed by atoms with Crippen molar-refractivity contribution in [1.82, 2.24) is 29.9 Å². The largest absolute Gasteiger partial charge is 0.487 e. The van der Waals surface area contributed by atoms with E-state index in [4.69, 9.17) is 4.74 Å². The fourth-order valence-electron chi connectivity index (χ4n) is 4.72. The molecule has 3 aromatic heterocycles. The van der Waals surface area contributed by atoms with E-state index in [2.05, 4.69) is 27.1 Å². The first kappa shape index (κ1) is 18.7. The Labute approximate surface area is 174 Å². The molecule has 4 heterocycles. The molecule has 1 saturated carbocycles. The maximum absolute atomic E-state index is 13.7. The first-order valence-electron chi connectivity index (χ1n) is 10.3. The number of pyridine rings is 2. The van der Waals surface area contributed by atoms with Gasteiger partial charge in [-0.2, -0.15) is 10.2 Å². The maximum Gasteiger partial charge on any atom is 0.275 e. The molecule has 1 amide bonds. The van der Waals surface area contributed by atoms with Crippen LogP contribution in [0.2, 0.25) is 0 Å². The second kappa shape index (κ2) is 7.19. The van der Waals surface area contributed by atoms with Gasteiger partial charge in [0.2, 0.25) is 0 Å². The van der Waals surface area contributed by atoms with Crippen LogP contribution in [0.25, 0.3) is 5.69 Å². The number of carbonyl (C=O) groups is 1. The summed E-state index contributed by atoms with van der Waals surface area (Å²) in [5.74, 6) is 1.06. The third-order valence-corrected chi connectivity index (χ3v) is 6.24. The molecule has 0 aromatic carbocycles. The van der Waals surface area contributed by atoms with Crippen molar-refractivity contribution < 1.29 is 9.53 Å². The molecule has 2 aliphatic rings. The highest BCUT2D eigenvalue weighted by Gasteiger charge is 2.53. The molecule has 1 saturated heterocycles. The molecule has 0 radical (unpaired) electrons. The molecule has 1 aliphatic heterocycles. The van der Waals surface area contributed by atoms with Gasteiger partial charge in [0.15, 0.2) is 5.69 Å². The fourth-order valence-corrected chi connectivity index (χ4v) is 4.72. The number of carbonyl (C=O) groups excluding carboxylic acids is 1. The van der Waals surface area contributed by atoms with Gasteiger partial charge in [-0.3, -0.25) is 9.78 Å². The van der Waals surface area contributed by atoms with Crippen LogP contribution in [-0.4, -0.2) is 54.0 Å². The summed E-state index contributed by atoms with van der Waals surface area (Å²) in [6, 6.07) is 7.74. The average molecular weight is 404 g/mol. The molecule has 8 nitrogen and oxygen atoms in total. The van der Waals surface area contributed by atoms with Crippen LogP contribution in [-0.2, 0) is 0 Å². The quantitative estimate of drug-likeness (QED) is 0.665. The molecular formula is C22H24N6O2. The van der Waals surface area contributed by atoms with E-state index < -0.39 is 0 Å². The highest BCUT2D eigenvalue weighted by atomic mass is 16.5. The van der Waals surface area contributed by atoms with E-state index in [1.54, 1.807) is 18.6 Å². The molecule has 0 spiro atoms. The fraction of sp³-hybridized carbons (Fsp3) is 0.409. The topological polar surface area (TPSA) is 86.0 Å². The average Bonchev–Trinajstić information content (AvgIpc) is 3.46. The molecule has 154 valence electrons. The van der Waals surface area contributed by atoms with Gasteiger partial charge >= 0.3 is 0 Å². The number of hydrogen-bond donors (Lipinski definition) is 0. The van der Waals surface area contributed by atoms with Gasteiger partial charge in [0.05, 0.1) is 24.6 Å². The summed E-state index contributed by atoms with van der Waals surface area (Å²) in [5.41, 5.74) is 2.70. The van der Waals surface area contributed by atoms with Crippen molar-refractivity contribution in [3.05, 3.63) is 59.9 Å². The molecule has 30 heavy (non-hydrogen) atoms. The first-order valence-corrected chi connectivity index (χ1v) is 10.3. The monoisotopic (exact) mass is 404 g/mol. The van der Waals surface area contributed by atoms with E-state index in [1.807, 2.05) is 43.0 Å². The van der Waals surface area contributed by atoms with Gasteiger partial charge in [-0.15, -0.1) is 4.80 Å². The third-order valence-electron chi connectivity index (χ3n) is 6.24. The zero-order chi connectivity index (χ0) is 20.8. The molecule has 1 aliphatic carbocycles. The van der Waals surface area contributed by atoms with Crippen LogP contribution in [0.4, 0.5) is 0 Å². The number of hydrogen-bond acceptors (Lipinski definition) is 6. The van der Waals surface area contributed by atoms with E-state index in [1.165, 1.54) is 4.80 Å². The smallest absolute Gasteiger partial charge is 0.275 e. The first-order chi connectivity index (χ1) is 14.5. The standard InChI is InChI=1S/C22H24N6O2/c1-13-4-6-17(12-23-13)30-20-11-16-10-19(20)27(15(16)3)22(29)21-18(7-5-14(2)26-21)28-24-8-9-25-28/h4-9,12,15-16,19-20H,10-11H2,1-3H3. The van der Waals surface area contributed by atoms with Gasteiger partial charge in [0, 0.05) is 17.4 Å². The number of aromatic nitrogens is 5. The van der Waals surface area contributed by atoms with Crippen molar-refractivity contribution in [2.45, 2.75) is 51.8 Å². The predicted octanol–water partition coefficient (Wildman–Crippen LogP) is 2.74. The summed E-state index contributed by atoms with van der Waals surface area (Å²) in [6.07, 6.45) is 6.77. The molecule has 2 fully saturated rings. The predicted molar refractivity (Wildman–Crippen MR) is 109 cm³/mol. The molecule has 5 rings (SSSR count). The lowest BCUT2D eigenvalue weighted by Crippen LogP contribution is -2.51. The summed E-state index contributed by atoms with van der Waals surface area (Å²) >= 11 is 0. The molecule has 4 unspecified atom stereocenters. The number of likely N-dealkylation sites (tertiary alicyclic amines) is 1. The van der Waals surface area contributed by atoms with E-state index in [9.17, 15) is 4.79 Å². The zero-order valence-corrected chi connectivity index (χ0v) is 17.3. The zero-order valence-electron chi connectivity index (χ0n) is 17.3. The Balaban J connectivity index is 1.45. The number of nitrogens with zero attached hydrogens (tertiary/aromatic N) is 6. The molecule has 2 bridgehead atoms. The molecule has 3 aromatic rings. The Morgan fingerprint density at radius 3 is 2.53 bits per heavy atom. The van der Waals surface area contributed by atoms with Crippen molar-refractivity contribution in [2.75, 3.05) is 0 Å². The number of piperidine rings is 1. The summed E-state index contributed by atoms with van der Waals surface area (Å²) in [6.45, 7) is 5.95. The van der Waals surface area contributed by atoms with Crippen LogP contribution in [0.3, 0.4) is 0 Å². The van der Waals surface area contributed by atoms with Crippen molar-refractivity contribution in [1.29, 1.82) is 0 Å². The summed E-state index contributed by atoms with van der Waals surface area (Å²) in [7, 11) is 0. The van der Waals surface area contributed by atoms with E-state index >= 15 is 0 Å². The lowest BCUT2D eigenvalue weighted by molar-refractivity contribution is 0.0320. The van der Waals surface area contributed by atoms with Crippen molar-refractivity contribution in [2.24, 2.45) is 5.92 Å². The van der Waals surface area contributed by atoms with Crippen LogP contribution in [0.5, 0.6) is 5.75 Å². The van der Waals surface area contributed by atoms with Crippen molar-refractivity contribution in [3.8, 4) is 11.4 Å². The third kappa shape index (κ3) is 3.12. The van der Waals surface area contributed by atoms with Gasteiger partial charge in [-0.1, -0.05) is 0 Å². The minimum absolute atomic E-state index is 0.0135. The number of amides is 1. The van der Waals surface area contributed by atoms with E-state index in [0.717, 1.165) is 30.0 Å². The van der Waals surface area contributed by atoms with Gasteiger partial charge in [-0.05, 0) is 63.8 Å². The Kier molecular flexibility index (Phi) is 4.49. The normalized spacial score (nSPS) is 25.0. The van der Waals surface area contributed by atoms with Gasteiger partial charge in [0.1, 0.15) is 17.5 Å². The highest BCUT2D eigenvalue weighted by molar-refractivity contribution is 5.96. The van der Waals surface area contributed by atoms with Crippen molar-refractivity contribution >= 4 is 5.91 Å². The Morgan fingerprint density at radius 1 is 1.07 bits per heavy atom. The number of ether oxygens (including phenoxy) is 1. The van der Waals surface area contributed by atoms with Crippen LogP contribution >= 0.6 is 0 Å². The summed E-state index contributed by atoms with van der Waals surface area (Å²) in [4.78, 5) is 26.0. The van der Waals surface area contributed by atoms with E-state index in [-0.39, 0.29) is 24.1 Å². The summed E-state index contributed by atoms with van der Waals surface area (Å²) in [5, 5.41) is 8.39. The van der Waals surface area contributed by atoms with E-state index in [0.29, 0.717) is 17.3 Å². The van der Waals surface area contributed by atoms with Crippen LogP contribution < -0.4 is 4.74 Å². The van der Waals surface area contributed by atoms with Gasteiger partial charge < -0.3 is 9.64 Å². The Hall–Kier alpha value is -3.29. The SMILES string of the molecule is Cc1ccc(OC2CC3CC2N(C(=O)c2nc(C)ccc2-n2nccn2)C3C)cn1. The summed E-state index contributed by atoms with van der Waals surface area (Å²) < 4.78 is 6.25. The Bertz CT molecular complexity index is 1070. The lowest BCUT2D eigenvalue weighted by atomic mass is 9.98. The minimum Gasteiger partial charge on any atom is -0.487 e. The molecule has 4 atom stereocenters. The van der Waals surface area contributed by atoms with Gasteiger partial charge in [-0.25, -0.2) is 4.98 Å². The highest BCUT2D eigenvalue weighted by Crippen LogP contribution is 2.44. The van der Waals surface area contributed by atoms with Crippen LogP contribution in [0.15, 0.2) is 42.9 Å². The second-order valence-electron chi connectivity index (χ2n) is 8.18. The van der Waals surface area contributed by atoms with Crippen LogP contribution in [0, 0.1) is 19.8 Å². The second-order valence-corrected chi connectivity index (χ2v) is 8.18. The number of aryl methyl sites for hydroxylation is 2.